The molecule has 172 valence electrons. The molecule has 3 aromatic rings. The lowest BCUT2D eigenvalue weighted by atomic mass is 10.1. The van der Waals surface area contributed by atoms with Crippen molar-refractivity contribution in [1.29, 1.82) is 0 Å². The first-order valence-electron chi connectivity index (χ1n) is 11.3. The van der Waals surface area contributed by atoms with Crippen molar-refractivity contribution in [2.45, 2.75) is 38.3 Å². The second-order valence-corrected chi connectivity index (χ2v) is 9.88. The number of nitrogens with zero attached hydrogens (tertiary/aromatic N) is 2. The number of carbonyl (C=O) groups excluding carboxylic acids is 1. The zero-order valence-electron chi connectivity index (χ0n) is 19.2. The van der Waals surface area contributed by atoms with Gasteiger partial charge in [-0.3, -0.25) is 4.79 Å². The van der Waals surface area contributed by atoms with Gasteiger partial charge in [-0.05, 0) is 48.7 Å². The van der Waals surface area contributed by atoms with Crippen LogP contribution < -0.4 is 4.74 Å². The molecule has 5 nitrogen and oxygen atoms in total. The van der Waals surface area contributed by atoms with E-state index in [0.717, 1.165) is 33.8 Å². The number of fused-ring (bicyclic) bond motifs is 1. The van der Waals surface area contributed by atoms with Gasteiger partial charge in [0.1, 0.15) is 12.4 Å². The normalized spacial score (nSPS) is 14.6. The Kier molecular flexibility index (Phi) is 7.70. The third-order valence-electron chi connectivity index (χ3n) is 5.86. The number of carbonyl (C=O) groups is 1. The SMILES string of the molecule is CC(=O)N(CCc1ccccc1)Cc1ccc2c(c1)CN([S+]([O-])c1ccc(C)cc1)CCO2. The molecule has 1 atom stereocenters. The first-order valence-corrected chi connectivity index (χ1v) is 12.4. The Morgan fingerprint density at radius 3 is 2.55 bits per heavy atom. The maximum absolute atomic E-state index is 13.2. The molecule has 0 saturated heterocycles. The Balaban J connectivity index is 1.47. The van der Waals surface area contributed by atoms with E-state index in [9.17, 15) is 9.35 Å². The van der Waals surface area contributed by atoms with Crippen LogP contribution >= 0.6 is 0 Å². The molecule has 33 heavy (non-hydrogen) atoms. The molecule has 0 spiro atoms. The van der Waals surface area contributed by atoms with E-state index in [1.165, 1.54) is 5.56 Å². The lowest BCUT2D eigenvalue weighted by molar-refractivity contribution is -0.129. The summed E-state index contributed by atoms with van der Waals surface area (Å²) in [4.78, 5) is 15.0. The molecule has 0 aromatic heterocycles. The number of rotatable bonds is 7. The van der Waals surface area contributed by atoms with Gasteiger partial charge in [-0.1, -0.05) is 54.1 Å². The third-order valence-corrected chi connectivity index (χ3v) is 7.32. The lowest BCUT2D eigenvalue weighted by Crippen LogP contribution is -2.32. The molecule has 0 radical (unpaired) electrons. The van der Waals surface area contributed by atoms with E-state index in [1.54, 1.807) is 6.92 Å². The van der Waals surface area contributed by atoms with E-state index >= 15 is 0 Å². The number of hydrogen-bond acceptors (Lipinski definition) is 4. The minimum Gasteiger partial charge on any atom is -0.593 e. The second kappa shape index (κ2) is 10.9. The summed E-state index contributed by atoms with van der Waals surface area (Å²) in [6.07, 6.45) is 0.817. The molecule has 1 amide bonds. The van der Waals surface area contributed by atoms with Crippen molar-refractivity contribution >= 4 is 17.3 Å². The highest BCUT2D eigenvalue weighted by Crippen LogP contribution is 2.28. The molecule has 1 aliphatic heterocycles. The van der Waals surface area contributed by atoms with Gasteiger partial charge in [0, 0.05) is 25.6 Å². The highest BCUT2D eigenvalue weighted by Gasteiger charge is 2.27. The Bertz CT molecular complexity index is 1070. The maximum Gasteiger partial charge on any atom is 0.219 e. The molecular weight excluding hydrogens is 432 g/mol. The molecule has 0 aliphatic carbocycles. The van der Waals surface area contributed by atoms with Gasteiger partial charge < -0.3 is 14.2 Å². The van der Waals surface area contributed by atoms with Crippen LogP contribution in [0.3, 0.4) is 0 Å². The summed E-state index contributed by atoms with van der Waals surface area (Å²) in [5.41, 5.74) is 4.40. The van der Waals surface area contributed by atoms with Gasteiger partial charge in [-0.25, -0.2) is 0 Å². The van der Waals surface area contributed by atoms with Gasteiger partial charge in [0.15, 0.2) is 4.90 Å². The highest BCUT2D eigenvalue weighted by atomic mass is 32.2. The molecule has 1 aliphatic rings. The smallest absolute Gasteiger partial charge is 0.219 e. The zero-order valence-corrected chi connectivity index (χ0v) is 20.0. The largest absolute Gasteiger partial charge is 0.593 e. The van der Waals surface area contributed by atoms with Gasteiger partial charge >= 0.3 is 0 Å². The van der Waals surface area contributed by atoms with Gasteiger partial charge in [0.2, 0.25) is 5.91 Å². The van der Waals surface area contributed by atoms with Gasteiger partial charge in [0.25, 0.3) is 0 Å². The summed E-state index contributed by atoms with van der Waals surface area (Å²) in [6.45, 7) is 6.45. The molecule has 6 heteroatoms. The second-order valence-electron chi connectivity index (χ2n) is 8.39. The van der Waals surface area contributed by atoms with Crippen molar-refractivity contribution in [1.82, 2.24) is 9.21 Å². The summed E-state index contributed by atoms with van der Waals surface area (Å²) >= 11 is -1.26. The van der Waals surface area contributed by atoms with Crippen LogP contribution in [0.2, 0.25) is 0 Å². The Labute approximate surface area is 199 Å². The van der Waals surface area contributed by atoms with Crippen LogP contribution in [0.25, 0.3) is 0 Å². The highest BCUT2D eigenvalue weighted by molar-refractivity contribution is 7.89. The summed E-state index contributed by atoms with van der Waals surface area (Å²) in [7, 11) is 0. The predicted octanol–water partition coefficient (Wildman–Crippen LogP) is 4.50. The van der Waals surface area contributed by atoms with Crippen LogP contribution in [0.15, 0.2) is 77.7 Å². The molecule has 0 fully saturated rings. The van der Waals surface area contributed by atoms with E-state index in [1.807, 2.05) is 70.7 Å². The molecule has 1 unspecified atom stereocenters. The minimum atomic E-state index is -1.26. The Morgan fingerprint density at radius 1 is 1.06 bits per heavy atom. The third kappa shape index (κ3) is 6.16. The van der Waals surface area contributed by atoms with E-state index in [-0.39, 0.29) is 5.91 Å². The number of hydrogen-bond donors (Lipinski definition) is 0. The van der Waals surface area contributed by atoms with Crippen molar-refractivity contribution in [3.63, 3.8) is 0 Å². The fraction of sp³-hybridized carbons (Fsp3) is 0.296. The summed E-state index contributed by atoms with van der Waals surface area (Å²) in [5.74, 6) is 0.875. The summed E-state index contributed by atoms with van der Waals surface area (Å²) in [6, 6.07) is 24.1. The summed E-state index contributed by atoms with van der Waals surface area (Å²) < 4.78 is 21.1. The monoisotopic (exact) mass is 462 g/mol. The van der Waals surface area contributed by atoms with Gasteiger partial charge in [-0.15, -0.1) is 4.31 Å². The predicted molar refractivity (Wildman–Crippen MR) is 131 cm³/mol. The van der Waals surface area contributed by atoms with Crippen molar-refractivity contribution < 1.29 is 14.1 Å². The first-order chi connectivity index (χ1) is 16.0. The Morgan fingerprint density at radius 2 is 1.82 bits per heavy atom. The molecule has 0 N–H and O–H groups in total. The average molecular weight is 463 g/mol. The van der Waals surface area contributed by atoms with E-state index in [4.69, 9.17) is 4.74 Å². The number of aryl methyl sites for hydroxylation is 1. The fourth-order valence-electron chi connectivity index (χ4n) is 3.94. The molecule has 0 bridgehead atoms. The first kappa shape index (κ1) is 23.4. The lowest BCUT2D eigenvalue weighted by Gasteiger charge is -2.23. The zero-order chi connectivity index (χ0) is 23.2. The van der Waals surface area contributed by atoms with Crippen LogP contribution in [0, 0.1) is 6.92 Å². The van der Waals surface area contributed by atoms with E-state index < -0.39 is 11.4 Å². The summed E-state index contributed by atoms with van der Waals surface area (Å²) in [5, 5.41) is 0. The van der Waals surface area contributed by atoms with E-state index in [2.05, 4.69) is 18.2 Å². The molecule has 1 heterocycles. The van der Waals surface area contributed by atoms with E-state index in [0.29, 0.717) is 32.8 Å². The number of benzene rings is 3. The minimum absolute atomic E-state index is 0.0548. The van der Waals surface area contributed by atoms with Crippen LogP contribution in [0.4, 0.5) is 0 Å². The van der Waals surface area contributed by atoms with Crippen molar-refractivity contribution in [2.24, 2.45) is 0 Å². The number of ether oxygens (including phenoxy) is 1. The molecule has 3 aromatic carbocycles. The van der Waals surface area contributed by atoms with Gasteiger partial charge in [-0.2, -0.15) is 0 Å². The quantitative estimate of drug-likeness (QED) is 0.485. The van der Waals surface area contributed by atoms with Crippen LogP contribution in [0.1, 0.15) is 29.2 Å². The van der Waals surface area contributed by atoms with Crippen LogP contribution in [-0.4, -0.2) is 39.4 Å². The van der Waals surface area contributed by atoms with Crippen LogP contribution in [0.5, 0.6) is 5.75 Å². The standard InChI is InChI=1S/C27H30N2O3S/c1-21-8-11-26(12-9-21)33(31)29-16-17-32-27-13-10-24(18-25(27)20-29)19-28(22(2)30)15-14-23-6-4-3-5-7-23/h3-13,18H,14-17,19-20H2,1-2H3. The fourth-order valence-corrected chi connectivity index (χ4v) is 5.11. The van der Waals surface area contributed by atoms with Gasteiger partial charge in [0.05, 0.1) is 24.5 Å². The molecule has 4 rings (SSSR count). The van der Waals surface area contributed by atoms with Crippen molar-refractivity contribution in [3.8, 4) is 5.75 Å². The van der Waals surface area contributed by atoms with Crippen molar-refractivity contribution in [2.75, 3.05) is 19.7 Å². The maximum atomic E-state index is 13.2. The Hall–Kier alpha value is -2.80. The van der Waals surface area contributed by atoms with Crippen molar-refractivity contribution in [3.05, 3.63) is 95.1 Å². The topological polar surface area (TPSA) is 55.8 Å². The average Bonchev–Trinajstić information content (AvgIpc) is 3.04. The van der Waals surface area contributed by atoms with Crippen LogP contribution in [-0.2, 0) is 35.7 Å². The molecule has 0 saturated carbocycles. The number of amides is 1. The molecular formula is C27H30N2O3S.